The minimum Gasteiger partial charge on any atom is -0.427 e. The second kappa shape index (κ2) is 49.2. The summed E-state index contributed by atoms with van der Waals surface area (Å²) in [6.45, 7) is 9.34. The zero-order valence-corrected chi connectivity index (χ0v) is 62.2. The smallest absolute Gasteiger partial charge is 0.311 e. The van der Waals surface area contributed by atoms with Crippen LogP contribution in [0.4, 0.5) is 0 Å². The second-order valence-corrected chi connectivity index (χ2v) is 25.8. The fraction of sp³-hybridized carbons (Fsp3) is 0.507. The summed E-state index contributed by atoms with van der Waals surface area (Å²) < 4.78 is 89.6. The molecule has 0 bridgehead atoms. The molecule has 0 radical (unpaired) electrons. The van der Waals surface area contributed by atoms with Crippen molar-refractivity contribution in [1.29, 1.82) is 0 Å². The van der Waals surface area contributed by atoms with Crippen LogP contribution in [0, 0.1) is 5.41 Å². The normalized spacial score (nSPS) is 11.5. The predicted octanol–water partition coefficient (Wildman–Crippen LogP) is 0.0524. The van der Waals surface area contributed by atoms with E-state index in [4.69, 9.17) is 66.3 Å². The molecule has 0 saturated carbocycles. The Morgan fingerprint density at radius 2 is 0.505 bits per heavy atom. The number of aryl methyl sites for hydroxylation is 6. The Hall–Kier alpha value is -8.82. The van der Waals surface area contributed by atoms with Gasteiger partial charge in [0.05, 0.1) is 159 Å². The molecule has 8 aromatic rings. The van der Waals surface area contributed by atoms with Gasteiger partial charge in [0.15, 0.2) is 0 Å². The highest BCUT2D eigenvalue weighted by atomic mass is 16.6. The number of carbonyl (C=O) groups excluding carboxylic acids is 4. The molecular formula is C73H100B4N12O18. The molecule has 8 rings (SSSR count). The molecule has 0 spiro atoms. The van der Waals surface area contributed by atoms with E-state index in [0.717, 1.165) is 34.7 Å². The van der Waals surface area contributed by atoms with Crippen molar-refractivity contribution in [3.63, 3.8) is 0 Å². The lowest BCUT2D eigenvalue weighted by Gasteiger charge is -2.33. The first kappa shape index (κ1) is 83.8. The Morgan fingerprint density at radius 3 is 0.785 bits per heavy atom. The van der Waals surface area contributed by atoms with Crippen LogP contribution in [0.15, 0.2) is 122 Å². The zero-order chi connectivity index (χ0) is 75.2. The van der Waals surface area contributed by atoms with Crippen molar-refractivity contribution in [3.05, 3.63) is 145 Å². The van der Waals surface area contributed by atoms with E-state index in [1.165, 1.54) is 0 Å². The average Bonchev–Trinajstić information content (AvgIpc) is 1.81. The van der Waals surface area contributed by atoms with E-state index < -0.39 is 5.41 Å². The van der Waals surface area contributed by atoms with Crippen LogP contribution in [0.3, 0.4) is 0 Å². The quantitative estimate of drug-likeness (QED) is 0.0210. The minimum absolute atomic E-state index is 0.161. The van der Waals surface area contributed by atoms with Gasteiger partial charge in [-0.05, 0) is 74.2 Å². The Labute approximate surface area is 628 Å². The van der Waals surface area contributed by atoms with E-state index in [-0.39, 0.29) is 89.2 Å². The predicted molar refractivity (Wildman–Crippen MR) is 403 cm³/mol. The SMILES string of the molecule is Bc1ccc(OC(=O)CCc2cn(CCCOCCOCCCOCC(COCCCOCCOCCCn3cc(CCC(=O)Oc4ccc(B)cc4)nn3)(COCCOCCn3cc(CCC(=O)Oc4ccc(B)cc4)nn3)COCCOCCn3cc(CCC(=O)Oc4ccc(B)cc4)nn3)nn2)cc1. The van der Waals surface area contributed by atoms with Crippen molar-refractivity contribution in [1.82, 2.24) is 60.0 Å². The number of ether oxygens (including phenoxy) is 14. The number of hydrogen-bond donors (Lipinski definition) is 0. The van der Waals surface area contributed by atoms with Gasteiger partial charge in [0, 0.05) is 103 Å². The van der Waals surface area contributed by atoms with Crippen LogP contribution < -0.4 is 40.8 Å². The van der Waals surface area contributed by atoms with E-state index in [0.29, 0.717) is 203 Å². The van der Waals surface area contributed by atoms with Gasteiger partial charge in [-0.2, -0.15) is 0 Å². The highest BCUT2D eigenvalue weighted by molar-refractivity contribution is 6.33. The lowest BCUT2D eigenvalue weighted by molar-refractivity contribution is -0.135. The number of rotatable bonds is 58. The van der Waals surface area contributed by atoms with Crippen molar-refractivity contribution < 1.29 is 85.5 Å². The van der Waals surface area contributed by atoms with E-state index in [2.05, 4.69) is 41.2 Å². The summed E-state index contributed by atoms with van der Waals surface area (Å²) in [5.41, 5.74) is 6.35. The number of aromatic nitrogens is 12. The third kappa shape index (κ3) is 35.6. The van der Waals surface area contributed by atoms with Crippen LogP contribution in [0.25, 0.3) is 0 Å². The molecule has 107 heavy (non-hydrogen) atoms. The van der Waals surface area contributed by atoms with Gasteiger partial charge in [0.1, 0.15) is 54.4 Å². The van der Waals surface area contributed by atoms with Crippen molar-refractivity contribution in [3.8, 4) is 23.0 Å². The summed E-state index contributed by atoms with van der Waals surface area (Å²) in [6, 6.07) is 29.3. The van der Waals surface area contributed by atoms with E-state index in [1.807, 2.05) is 92.3 Å². The Morgan fingerprint density at radius 1 is 0.280 bits per heavy atom. The summed E-state index contributed by atoms with van der Waals surface area (Å²) in [4.78, 5) is 49.7. The van der Waals surface area contributed by atoms with Crippen molar-refractivity contribution in [2.45, 2.75) is 103 Å². The summed E-state index contributed by atoms with van der Waals surface area (Å²) in [6.07, 6.45) is 12.3. The monoisotopic (exact) mass is 1480 g/mol. The largest absolute Gasteiger partial charge is 0.427 e. The highest BCUT2D eigenvalue weighted by Gasteiger charge is 2.33. The first-order chi connectivity index (χ1) is 52.3. The molecule has 4 aromatic carbocycles. The zero-order valence-electron chi connectivity index (χ0n) is 62.2. The molecule has 0 N–H and O–H groups in total. The fourth-order valence-corrected chi connectivity index (χ4v) is 10.3. The number of nitrogens with zero attached hydrogens (tertiary/aromatic N) is 12. The number of benzene rings is 4. The van der Waals surface area contributed by atoms with Crippen LogP contribution >= 0.6 is 0 Å². The third-order valence-corrected chi connectivity index (χ3v) is 16.3. The molecule has 0 unspecified atom stereocenters. The summed E-state index contributed by atoms with van der Waals surface area (Å²) >= 11 is 0. The topological polar surface area (TPSA) is 320 Å². The Kier molecular flexibility index (Phi) is 38.5. The van der Waals surface area contributed by atoms with Crippen molar-refractivity contribution in [2.75, 3.05) is 132 Å². The third-order valence-electron chi connectivity index (χ3n) is 16.3. The molecule has 0 aliphatic rings. The van der Waals surface area contributed by atoms with Gasteiger partial charge in [-0.3, -0.25) is 28.5 Å². The molecule has 0 aliphatic heterocycles. The molecule has 572 valence electrons. The number of carbonyl (C=O) groups is 4. The van der Waals surface area contributed by atoms with E-state index in [9.17, 15) is 19.2 Å². The van der Waals surface area contributed by atoms with Crippen LogP contribution in [-0.4, -0.2) is 247 Å². The molecule has 0 saturated heterocycles. The van der Waals surface area contributed by atoms with Crippen molar-refractivity contribution >= 4 is 77.1 Å². The van der Waals surface area contributed by atoms with Gasteiger partial charge in [0.25, 0.3) is 0 Å². The maximum atomic E-state index is 12.5. The Bertz CT molecular complexity index is 3550. The molecule has 0 fully saturated rings. The van der Waals surface area contributed by atoms with Gasteiger partial charge in [-0.1, -0.05) is 91.2 Å². The first-order valence-corrected chi connectivity index (χ1v) is 36.7. The molecule has 4 heterocycles. The van der Waals surface area contributed by atoms with E-state index >= 15 is 0 Å². The number of esters is 4. The van der Waals surface area contributed by atoms with Crippen LogP contribution in [0.5, 0.6) is 23.0 Å². The highest BCUT2D eigenvalue weighted by Crippen LogP contribution is 2.22. The van der Waals surface area contributed by atoms with Gasteiger partial charge in [-0.25, -0.2) is 9.36 Å². The van der Waals surface area contributed by atoms with Gasteiger partial charge in [-0.15, -0.1) is 20.4 Å². The number of hydrogen-bond acceptors (Lipinski definition) is 26. The lowest BCUT2D eigenvalue weighted by atomic mass is 9.92. The summed E-state index contributed by atoms with van der Waals surface area (Å²) in [7, 11) is 7.89. The molecule has 0 amide bonds. The first-order valence-electron chi connectivity index (χ1n) is 36.7. The van der Waals surface area contributed by atoms with Crippen molar-refractivity contribution in [2.24, 2.45) is 5.41 Å². The summed E-state index contributed by atoms with van der Waals surface area (Å²) in [5.74, 6) is 0.691. The lowest BCUT2D eigenvalue weighted by Crippen LogP contribution is -2.42. The van der Waals surface area contributed by atoms with Gasteiger partial charge in [0.2, 0.25) is 0 Å². The maximum Gasteiger partial charge on any atom is 0.311 e. The van der Waals surface area contributed by atoms with Gasteiger partial charge < -0.3 is 66.3 Å². The molecule has 0 aliphatic carbocycles. The standard InChI is InChI=1S/C73H100B4N12O18/c74-57-5-17-65(18-6-57)104-69(90)25-13-61-49-86(82-78-61)29-1-33-94-41-43-96-35-3-37-100-53-73(55-102-47-45-98-39-31-88-51-63(80-84-88)15-27-71(92)106-67-21-9-59(76)10-22-67,56-103-48-46-99-40-32-89-52-64(81-85-89)16-28-72(93)107-68-23-11-60(77)12-24-68)54-101-38-4-36-97-44-42-95-34-2-30-87-50-62(79-83-87)14-26-70(91)105-66-19-7-58(75)8-20-66/h5-12,17-24,49-52H,1-4,13-16,25-48,53-56,74-77H2. The van der Waals surface area contributed by atoms with Gasteiger partial charge >= 0.3 is 23.9 Å². The van der Waals surface area contributed by atoms with Crippen LogP contribution in [-0.2, 0) is 118 Å². The average molecular weight is 1480 g/mol. The van der Waals surface area contributed by atoms with Crippen LogP contribution in [0.2, 0.25) is 0 Å². The second-order valence-electron chi connectivity index (χ2n) is 25.8. The van der Waals surface area contributed by atoms with Crippen LogP contribution in [0.1, 0.15) is 74.1 Å². The summed E-state index contributed by atoms with van der Waals surface area (Å²) in [5, 5.41) is 33.7. The molecule has 30 nitrogen and oxygen atoms in total. The molecule has 4 aromatic heterocycles. The molecule has 0 atom stereocenters. The molecule has 34 heteroatoms. The molecular weight excluding hydrogens is 1380 g/mol. The maximum absolute atomic E-state index is 12.5. The Balaban J connectivity index is 0.753. The fourth-order valence-electron chi connectivity index (χ4n) is 10.3. The minimum atomic E-state index is -0.746. The van der Waals surface area contributed by atoms with E-state index in [1.54, 1.807) is 79.7 Å².